The van der Waals surface area contributed by atoms with Crippen molar-refractivity contribution in [2.45, 2.75) is 39.7 Å². The highest BCUT2D eigenvalue weighted by atomic mass is 35.5. The Bertz CT molecular complexity index is 662. The molecule has 0 unspecified atom stereocenters. The summed E-state index contributed by atoms with van der Waals surface area (Å²) in [5.41, 5.74) is 0.0692. The predicted molar refractivity (Wildman–Crippen MR) is 78.0 cm³/mol. The summed E-state index contributed by atoms with van der Waals surface area (Å²) in [5.74, 6) is 0.168. The van der Waals surface area contributed by atoms with Gasteiger partial charge in [0.25, 0.3) is 0 Å². The van der Waals surface area contributed by atoms with Crippen LogP contribution >= 0.6 is 11.6 Å². The quantitative estimate of drug-likeness (QED) is 0.941. The number of carboxylic acids is 1. The monoisotopic (exact) mass is 295 g/mol. The van der Waals surface area contributed by atoms with E-state index < -0.39 is 11.5 Å². The molecule has 2 rings (SSSR count). The minimum Gasteiger partial charge on any atom is -0.480 e. The van der Waals surface area contributed by atoms with Gasteiger partial charge in [0.05, 0.1) is 5.02 Å². The summed E-state index contributed by atoms with van der Waals surface area (Å²) in [6.45, 7) is 7.43. The molecule has 2 aromatic rings. The summed E-state index contributed by atoms with van der Waals surface area (Å²) in [6.07, 6.45) is 2.20. The van der Waals surface area contributed by atoms with Crippen LogP contribution in [0.3, 0.4) is 0 Å². The van der Waals surface area contributed by atoms with Gasteiger partial charge in [-0.05, 0) is 25.8 Å². The molecular formula is C14H18ClN3O2. The Kier molecular flexibility index (Phi) is 3.73. The molecule has 0 amide bonds. The van der Waals surface area contributed by atoms with E-state index in [4.69, 9.17) is 11.6 Å². The smallest absolute Gasteiger partial charge is 0.329 e. The van der Waals surface area contributed by atoms with E-state index in [-0.39, 0.29) is 0 Å². The Hall–Kier alpha value is -1.62. The molecule has 0 atom stereocenters. The summed E-state index contributed by atoms with van der Waals surface area (Å²) < 4.78 is 1.70. The first-order valence-electron chi connectivity index (χ1n) is 6.50. The van der Waals surface area contributed by atoms with Crippen molar-refractivity contribution in [3.8, 4) is 0 Å². The van der Waals surface area contributed by atoms with Crippen molar-refractivity contribution in [2.75, 3.05) is 0 Å². The normalized spacial score (nSPS) is 12.3. The fourth-order valence-corrected chi connectivity index (χ4v) is 2.32. The van der Waals surface area contributed by atoms with Crippen LogP contribution < -0.4 is 0 Å². The molecule has 20 heavy (non-hydrogen) atoms. The van der Waals surface area contributed by atoms with Gasteiger partial charge in [0.2, 0.25) is 0 Å². The molecule has 0 aliphatic heterocycles. The largest absolute Gasteiger partial charge is 0.480 e. The number of aromatic nitrogens is 3. The average Bonchev–Trinajstić information content (AvgIpc) is 2.64. The minimum absolute atomic E-state index is 0.366. The fourth-order valence-electron chi connectivity index (χ4n) is 2.17. The van der Waals surface area contributed by atoms with Crippen LogP contribution in [0.5, 0.6) is 0 Å². The van der Waals surface area contributed by atoms with Crippen molar-refractivity contribution in [2.24, 2.45) is 5.92 Å². The number of fused-ring (bicyclic) bond motifs is 1. The van der Waals surface area contributed by atoms with Gasteiger partial charge in [0.1, 0.15) is 16.9 Å². The van der Waals surface area contributed by atoms with E-state index in [1.807, 2.05) is 0 Å². The van der Waals surface area contributed by atoms with Crippen LogP contribution in [0.15, 0.2) is 12.3 Å². The lowest BCUT2D eigenvalue weighted by atomic mass is 10.0. The maximum absolute atomic E-state index is 11.6. The van der Waals surface area contributed by atoms with Gasteiger partial charge in [-0.2, -0.15) is 0 Å². The highest BCUT2D eigenvalue weighted by Gasteiger charge is 2.34. The van der Waals surface area contributed by atoms with E-state index in [0.29, 0.717) is 28.5 Å². The van der Waals surface area contributed by atoms with Gasteiger partial charge < -0.3 is 5.11 Å². The molecule has 0 saturated carbocycles. The molecule has 0 spiro atoms. The second kappa shape index (κ2) is 5.05. The second-order valence-electron chi connectivity index (χ2n) is 5.82. The first kappa shape index (κ1) is 14.8. The van der Waals surface area contributed by atoms with Crippen LogP contribution in [-0.2, 0) is 16.8 Å². The maximum Gasteiger partial charge on any atom is 0.329 e. The molecule has 108 valence electrons. The fraction of sp³-hybridized carbons (Fsp3) is 0.500. The molecule has 0 bridgehead atoms. The number of imidazole rings is 1. The number of carbonyl (C=O) groups is 1. The van der Waals surface area contributed by atoms with Gasteiger partial charge >= 0.3 is 5.97 Å². The molecule has 0 radical (unpaired) electrons. The molecule has 6 heteroatoms. The van der Waals surface area contributed by atoms with Crippen LogP contribution in [0.4, 0.5) is 0 Å². The van der Waals surface area contributed by atoms with Crippen molar-refractivity contribution in [3.63, 3.8) is 0 Å². The summed E-state index contributed by atoms with van der Waals surface area (Å²) >= 11 is 5.93. The molecule has 0 aliphatic carbocycles. The molecule has 5 nitrogen and oxygen atoms in total. The van der Waals surface area contributed by atoms with Crippen LogP contribution in [0.25, 0.3) is 11.2 Å². The van der Waals surface area contributed by atoms with Gasteiger partial charge in [-0.15, -0.1) is 0 Å². The van der Waals surface area contributed by atoms with Gasteiger partial charge in [-0.1, -0.05) is 25.4 Å². The summed E-state index contributed by atoms with van der Waals surface area (Å²) in [7, 11) is 0. The summed E-state index contributed by atoms with van der Waals surface area (Å²) in [5, 5.41) is 9.98. The molecule has 1 N–H and O–H groups in total. The third kappa shape index (κ3) is 2.50. The molecule has 0 aliphatic rings. The highest BCUT2D eigenvalue weighted by molar-refractivity contribution is 6.31. The lowest BCUT2D eigenvalue weighted by molar-refractivity contribution is -0.145. The zero-order valence-corrected chi connectivity index (χ0v) is 12.8. The van der Waals surface area contributed by atoms with E-state index in [2.05, 4.69) is 23.8 Å². The Morgan fingerprint density at radius 1 is 1.50 bits per heavy atom. The minimum atomic E-state index is -1.11. The van der Waals surface area contributed by atoms with Gasteiger partial charge in [0.15, 0.2) is 5.65 Å². The van der Waals surface area contributed by atoms with Gasteiger partial charge in [-0.25, -0.2) is 14.8 Å². The van der Waals surface area contributed by atoms with Crippen molar-refractivity contribution in [3.05, 3.63) is 23.1 Å². The topological polar surface area (TPSA) is 68.0 Å². The number of aliphatic carboxylic acids is 1. The van der Waals surface area contributed by atoms with E-state index in [0.717, 1.165) is 5.82 Å². The van der Waals surface area contributed by atoms with Crippen LogP contribution in [0.1, 0.15) is 33.5 Å². The van der Waals surface area contributed by atoms with Crippen molar-refractivity contribution >= 4 is 28.7 Å². The number of hydrogen-bond acceptors (Lipinski definition) is 3. The number of pyridine rings is 1. The second-order valence-corrected chi connectivity index (χ2v) is 6.26. The lowest BCUT2D eigenvalue weighted by Gasteiger charge is -2.24. The maximum atomic E-state index is 11.6. The van der Waals surface area contributed by atoms with E-state index in [9.17, 15) is 9.90 Å². The van der Waals surface area contributed by atoms with Crippen molar-refractivity contribution in [1.29, 1.82) is 0 Å². The number of halogens is 1. The Morgan fingerprint density at radius 3 is 2.70 bits per heavy atom. The van der Waals surface area contributed by atoms with Gasteiger partial charge in [0, 0.05) is 12.6 Å². The van der Waals surface area contributed by atoms with Crippen molar-refractivity contribution < 1.29 is 9.90 Å². The molecule has 2 aromatic heterocycles. The summed E-state index contributed by atoms with van der Waals surface area (Å²) in [6, 6.07) is 1.71. The van der Waals surface area contributed by atoms with E-state index in [1.54, 1.807) is 24.5 Å². The SMILES string of the molecule is CC(C)Cc1nc2cc(Cl)cnc2n1C(C)(C)C(=O)O. The number of carboxylic acid groups (broad SMARTS) is 1. The number of hydrogen-bond donors (Lipinski definition) is 1. The van der Waals surface area contributed by atoms with Crippen LogP contribution in [0.2, 0.25) is 5.02 Å². The Labute approximate surface area is 122 Å². The number of nitrogens with zero attached hydrogens (tertiary/aromatic N) is 3. The van der Waals surface area contributed by atoms with Crippen molar-refractivity contribution in [1.82, 2.24) is 14.5 Å². The summed E-state index contributed by atoms with van der Waals surface area (Å²) in [4.78, 5) is 20.3. The average molecular weight is 296 g/mol. The Morgan fingerprint density at radius 2 is 2.15 bits per heavy atom. The highest BCUT2D eigenvalue weighted by Crippen LogP contribution is 2.27. The number of rotatable bonds is 4. The molecule has 0 saturated heterocycles. The van der Waals surface area contributed by atoms with Gasteiger partial charge in [-0.3, -0.25) is 4.57 Å². The molecular weight excluding hydrogens is 278 g/mol. The van der Waals surface area contributed by atoms with E-state index in [1.165, 1.54) is 6.20 Å². The standard InChI is InChI=1S/C14H18ClN3O2/c1-8(2)5-11-17-10-6-9(15)7-16-12(10)18(11)14(3,4)13(19)20/h6-8H,5H2,1-4H3,(H,19,20). The third-order valence-electron chi connectivity index (χ3n) is 3.21. The molecule has 2 heterocycles. The predicted octanol–water partition coefficient (Wildman–Crippen LogP) is 3.10. The zero-order chi connectivity index (χ0) is 15.1. The Balaban J connectivity index is 2.74. The molecule has 0 fully saturated rings. The lowest BCUT2D eigenvalue weighted by Crippen LogP contribution is -2.37. The van der Waals surface area contributed by atoms with Crippen LogP contribution in [0, 0.1) is 5.92 Å². The first-order chi connectivity index (χ1) is 9.23. The van der Waals surface area contributed by atoms with Crippen LogP contribution in [-0.4, -0.2) is 25.6 Å². The third-order valence-corrected chi connectivity index (χ3v) is 3.41. The molecule has 0 aromatic carbocycles. The van der Waals surface area contributed by atoms with E-state index >= 15 is 0 Å². The first-order valence-corrected chi connectivity index (χ1v) is 6.88. The zero-order valence-electron chi connectivity index (χ0n) is 12.0.